The largest absolute Gasteiger partial charge is 0.176 e. The summed E-state index contributed by atoms with van der Waals surface area (Å²) in [5, 5.41) is 0.679. The molecule has 0 nitrogen and oxygen atoms in total. The fourth-order valence-electron chi connectivity index (χ4n) is 2.84. The van der Waals surface area contributed by atoms with Crippen LogP contribution in [0.4, 0.5) is 0 Å². The molecule has 1 heteroatoms. The summed E-state index contributed by atoms with van der Waals surface area (Å²) >= 11 is 4.62. The van der Waals surface area contributed by atoms with Crippen LogP contribution in [0.25, 0.3) is 0 Å². The van der Waals surface area contributed by atoms with Crippen molar-refractivity contribution in [1.29, 1.82) is 0 Å². The van der Waals surface area contributed by atoms with Crippen molar-refractivity contribution in [3.63, 3.8) is 0 Å². The van der Waals surface area contributed by atoms with Gasteiger partial charge in [-0.25, -0.2) is 0 Å². The quantitative estimate of drug-likeness (QED) is 0.531. The molecule has 0 heterocycles. The third kappa shape index (κ3) is 1.04. The van der Waals surface area contributed by atoms with E-state index in [1.165, 1.54) is 12.8 Å². The fourth-order valence-corrected chi connectivity index (χ4v) is 3.19. The van der Waals surface area contributed by atoms with Gasteiger partial charge < -0.3 is 0 Å². The molecule has 2 fully saturated rings. The van der Waals surface area contributed by atoms with E-state index in [0.717, 1.165) is 17.8 Å². The predicted molar refractivity (Wildman–Crippen MR) is 51.9 cm³/mol. The van der Waals surface area contributed by atoms with Gasteiger partial charge in [0.15, 0.2) is 0 Å². The van der Waals surface area contributed by atoms with Crippen molar-refractivity contribution >= 4 is 12.6 Å². The Labute approximate surface area is 75.2 Å². The maximum Gasteiger partial charge on any atom is 0.00455 e. The molecule has 0 aliphatic heterocycles. The SMILES string of the molecule is C[C@@H]1C[C@H]2[C@@H](C[C@@H]1S)C2(C)C. The molecule has 2 aliphatic rings. The van der Waals surface area contributed by atoms with Crippen molar-refractivity contribution in [2.45, 2.75) is 38.9 Å². The third-order valence-electron chi connectivity index (χ3n) is 4.07. The first-order valence-electron chi connectivity index (χ1n) is 4.71. The molecule has 0 saturated heterocycles. The highest BCUT2D eigenvalue weighted by Gasteiger charge is 2.59. The highest BCUT2D eigenvalue weighted by atomic mass is 32.1. The van der Waals surface area contributed by atoms with Crippen LogP contribution in [0.3, 0.4) is 0 Å². The van der Waals surface area contributed by atoms with Crippen LogP contribution in [0.15, 0.2) is 0 Å². The molecule has 0 spiro atoms. The summed E-state index contributed by atoms with van der Waals surface area (Å²) in [6.07, 6.45) is 2.79. The second kappa shape index (κ2) is 2.18. The molecule has 2 rings (SSSR count). The van der Waals surface area contributed by atoms with E-state index < -0.39 is 0 Å². The van der Waals surface area contributed by atoms with E-state index in [1.807, 2.05) is 0 Å². The Morgan fingerprint density at radius 2 is 1.73 bits per heavy atom. The lowest BCUT2D eigenvalue weighted by molar-refractivity contribution is 0.381. The fraction of sp³-hybridized carbons (Fsp3) is 1.00. The zero-order chi connectivity index (χ0) is 8.22. The van der Waals surface area contributed by atoms with E-state index in [2.05, 4.69) is 33.4 Å². The third-order valence-corrected chi connectivity index (χ3v) is 4.79. The molecule has 0 N–H and O–H groups in total. The summed E-state index contributed by atoms with van der Waals surface area (Å²) in [4.78, 5) is 0. The lowest BCUT2D eigenvalue weighted by Crippen LogP contribution is -2.18. The Morgan fingerprint density at radius 1 is 1.18 bits per heavy atom. The molecular weight excluding hydrogens is 152 g/mol. The highest BCUT2D eigenvalue weighted by molar-refractivity contribution is 7.81. The van der Waals surface area contributed by atoms with Gasteiger partial charge in [-0.2, -0.15) is 12.6 Å². The standard InChI is InChI=1S/C10H18S/c1-6-4-7-8(5-9(6)11)10(7,2)3/h6-9,11H,4-5H2,1-3H3/t6-,7+,8-,9+/m1/s1. The van der Waals surface area contributed by atoms with Gasteiger partial charge in [0.1, 0.15) is 0 Å². The van der Waals surface area contributed by atoms with Crippen LogP contribution in [-0.2, 0) is 0 Å². The van der Waals surface area contributed by atoms with E-state index in [9.17, 15) is 0 Å². The van der Waals surface area contributed by atoms with E-state index in [-0.39, 0.29) is 0 Å². The summed E-state index contributed by atoms with van der Waals surface area (Å²) in [6.45, 7) is 7.18. The lowest BCUT2D eigenvalue weighted by atomic mass is 9.90. The minimum atomic E-state index is 0.658. The minimum absolute atomic E-state index is 0.658. The second-order valence-electron chi connectivity index (χ2n) is 5.05. The van der Waals surface area contributed by atoms with Gasteiger partial charge in [0.2, 0.25) is 0 Å². The van der Waals surface area contributed by atoms with Crippen LogP contribution in [0, 0.1) is 23.2 Å². The molecule has 0 bridgehead atoms. The number of rotatable bonds is 0. The Kier molecular flexibility index (Phi) is 1.58. The van der Waals surface area contributed by atoms with Gasteiger partial charge in [-0.1, -0.05) is 20.8 Å². The molecular formula is C10H18S. The Balaban J connectivity index is 2.07. The summed E-state index contributed by atoms with van der Waals surface area (Å²) in [6, 6.07) is 0. The van der Waals surface area contributed by atoms with Crippen LogP contribution in [0.5, 0.6) is 0 Å². The van der Waals surface area contributed by atoms with Gasteiger partial charge in [-0.15, -0.1) is 0 Å². The second-order valence-corrected chi connectivity index (χ2v) is 5.71. The zero-order valence-corrected chi connectivity index (χ0v) is 8.57. The first-order chi connectivity index (χ1) is 5.03. The van der Waals surface area contributed by atoms with E-state index in [4.69, 9.17) is 0 Å². The van der Waals surface area contributed by atoms with Gasteiger partial charge in [0.25, 0.3) is 0 Å². The topological polar surface area (TPSA) is 0 Å². The average Bonchev–Trinajstić information content (AvgIpc) is 2.39. The number of hydrogen-bond acceptors (Lipinski definition) is 1. The van der Waals surface area contributed by atoms with Crippen LogP contribution >= 0.6 is 12.6 Å². The monoisotopic (exact) mass is 170 g/mol. The van der Waals surface area contributed by atoms with Gasteiger partial charge >= 0.3 is 0 Å². The van der Waals surface area contributed by atoms with Crippen LogP contribution in [-0.4, -0.2) is 5.25 Å². The zero-order valence-electron chi connectivity index (χ0n) is 7.67. The molecule has 0 aromatic rings. The van der Waals surface area contributed by atoms with E-state index >= 15 is 0 Å². The van der Waals surface area contributed by atoms with Crippen molar-refractivity contribution in [2.75, 3.05) is 0 Å². The summed E-state index contributed by atoms with van der Waals surface area (Å²) in [7, 11) is 0. The van der Waals surface area contributed by atoms with E-state index in [1.54, 1.807) is 0 Å². The predicted octanol–water partition coefficient (Wildman–Crippen LogP) is 2.99. The van der Waals surface area contributed by atoms with Crippen molar-refractivity contribution in [3.05, 3.63) is 0 Å². The maximum absolute atomic E-state index is 4.62. The summed E-state index contributed by atoms with van der Waals surface area (Å²) < 4.78 is 0. The molecule has 2 aliphatic carbocycles. The van der Waals surface area contributed by atoms with Gasteiger partial charge in [0.05, 0.1) is 0 Å². The smallest absolute Gasteiger partial charge is 0.00455 e. The summed E-state index contributed by atoms with van der Waals surface area (Å²) in [5.41, 5.74) is 0.658. The van der Waals surface area contributed by atoms with Crippen molar-refractivity contribution in [2.24, 2.45) is 23.2 Å². The van der Waals surface area contributed by atoms with Crippen LogP contribution in [0.2, 0.25) is 0 Å². The molecule has 11 heavy (non-hydrogen) atoms. The molecule has 0 aromatic carbocycles. The first-order valence-corrected chi connectivity index (χ1v) is 5.23. The Morgan fingerprint density at radius 3 is 2.27 bits per heavy atom. The number of thiol groups is 1. The van der Waals surface area contributed by atoms with Crippen molar-refractivity contribution in [1.82, 2.24) is 0 Å². The molecule has 4 atom stereocenters. The first kappa shape index (κ1) is 7.97. The molecule has 0 radical (unpaired) electrons. The van der Waals surface area contributed by atoms with Crippen LogP contribution in [0.1, 0.15) is 33.6 Å². The molecule has 2 saturated carbocycles. The Bertz CT molecular complexity index is 156. The van der Waals surface area contributed by atoms with E-state index in [0.29, 0.717) is 10.7 Å². The van der Waals surface area contributed by atoms with Gasteiger partial charge in [0, 0.05) is 5.25 Å². The molecule has 0 amide bonds. The van der Waals surface area contributed by atoms with Crippen molar-refractivity contribution < 1.29 is 0 Å². The number of hydrogen-bond donors (Lipinski definition) is 1. The average molecular weight is 170 g/mol. The highest BCUT2D eigenvalue weighted by Crippen LogP contribution is 2.66. The summed E-state index contributed by atoms with van der Waals surface area (Å²) in [5.74, 6) is 2.88. The minimum Gasteiger partial charge on any atom is -0.176 e. The lowest BCUT2D eigenvalue weighted by Gasteiger charge is -2.23. The molecule has 64 valence electrons. The van der Waals surface area contributed by atoms with Crippen LogP contribution < -0.4 is 0 Å². The van der Waals surface area contributed by atoms with Crippen molar-refractivity contribution in [3.8, 4) is 0 Å². The molecule has 0 aromatic heterocycles. The maximum atomic E-state index is 4.62. The Hall–Kier alpha value is 0.350. The van der Waals surface area contributed by atoms with Gasteiger partial charge in [-0.05, 0) is 36.0 Å². The normalized spacial score (nSPS) is 53.5. The van der Waals surface area contributed by atoms with Gasteiger partial charge in [-0.3, -0.25) is 0 Å². The number of fused-ring (bicyclic) bond motifs is 1. The molecule has 0 unspecified atom stereocenters.